The van der Waals surface area contributed by atoms with Crippen LogP contribution in [0.15, 0.2) is 18.2 Å². The molecular weight excluding hydrogens is 256 g/mol. The van der Waals surface area contributed by atoms with Gasteiger partial charge in [-0.15, -0.1) is 5.23 Å². The number of ketones is 1. The molecule has 0 spiro atoms. The lowest BCUT2D eigenvalue weighted by molar-refractivity contribution is 0.0286. The number of hydrogen-bond donors (Lipinski definition) is 2. The summed E-state index contributed by atoms with van der Waals surface area (Å²) in [6.07, 6.45) is 0. The number of hydrogen-bond acceptors (Lipinski definition) is 4. The molecule has 1 rings (SSSR count). The molecule has 4 nitrogen and oxygen atoms in total. The largest absolute Gasteiger partial charge is 0.555 e. The molecule has 0 aliphatic carbocycles. The molecule has 0 saturated carbocycles. The van der Waals surface area contributed by atoms with Crippen molar-refractivity contribution in [1.29, 1.82) is 0 Å². The Morgan fingerprint density at radius 2 is 2.00 bits per heavy atom. The van der Waals surface area contributed by atoms with Crippen LogP contribution in [0.1, 0.15) is 17.3 Å². The first-order valence-corrected chi connectivity index (χ1v) is 8.11. The predicted octanol–water partition coefficient (Wildman–Crippen LogP) is 1.65. The molecule has 2 N–H and O–H groups in total. The molecular formula is C8H8AlCl2NO3. The minimum atomic E-state index is -2.04. The smallest absolute Gasteiger partial charge is 0.294 e. The number of halogens is 2. The molecule has 0 amide bonds. The van der Waals surface area contributed by atoms with Crippen molar-refractivity contribution in [3.05, 3.63) is 23.8 Å². The minimum Gasteiger partial charge on any atom is -0.294 e. The van der Waals surface area contributed by atoms with E-state index >= 15 is 0 Å². The van der Waals surface area contributed by atoms with Crippen LogP contribution in [0.5, 0.6) is 0 Å². The molecule has 0 fully saturated rings. The first-order chi connectivity index (χ1) is 6.93. The molecule has 7 heteroatoms. The Balaban J connectivity index is 3.27. The zero-order valence-corrected chi connectivity index (χ0v) is 10.5. The zero-order valence-electron chi connectivity index (χ0n) is 7.82. The highest BCUT2D eigenvalue weighted by atomic mass is 35.7. The van der Waals surface area contributed by atoms with Crippen molar-refractivity contribution in [2.75, 3.05) is 5.23 Å². The van der Waals surface area contributed by atoms with Crippen LogP contribution in [0.3, 0.4) is 0 Å². The molecule has 0 atom stereocenters. The monoisotopic (exact) mass is 263 g/mol. The fraction of sp³-hybridized carbons (Fsp3) is 0.125. The first kappa shape index (κ1) is 12.8. The molecule has 0 bridgehead atoms. The van der Waals surface area contributed by atoms with Crippen molar-refractivity contribution in [1.82, 2.24) is 0 Å². The average Bonchev–Trinajstić information content (AvgIpc) is 2.16. The minimum absolute atomic E-state index is 0.00855. The fourth-order valence-electron chi connectivity index (χ4n) is 1.15. The van der Waals surface area contributed by atoms with Gasteiger partial charge in [-0.1, -0.05) is 16.6 Å². The average molecular weight is 264 g/mol. The molecule has 0 aliphatic rings. The highest BCUT2D eigenvalue weighted by molar-refractivity contribution is 7.39. The molecule has 15 heavy (non-hydrogen) atoms. The van der Waals surface area contributed by atoms with Crippen LogP contribution in [-0.2, 0) is 0 Å². The van der Waals surface area contributed by atoms with Gasteiger partial charge in [0.25, 0.3) is 0 Å². The van der Waals surface area contributed by atoms with Gasteiger partial charge in [0, 0.05) is 5.56 Å². The van der Waals surface area contributed by atoms with Gasteiger partial charge in [0.05, 0.1) is 0 Å². The van der Waals surface area contributed by atoms with E-state index in [-0.39, 0.29) is 22.3 Å². The lowest BCUT2D eigenvalue weighted by Crippen LogP contribution is -2.22. The summed E-state index contributed by atoms with van der Waals surface area (Å²) < 4.78 is 0.661. The van der Waals surface area contributed by atoms with Gasteiger partial charge in [-0.05, 0) is 13.0 Å². The van der Waals surface area contributed by atoms with Gasteiger partial charge in [-0.25, -0.2) is 20.1 Å². The van der Waals surface area contributed by atoms with Crippen LogP contribution >= 0.6 is 20.1 Å². The van der Waals surface area contributed by atoms with Crippen LogP contribution in [-0.4, -0.2) is 28.5 Å². The van der Waals surface area contributed by atoms with Crippen molar-refractivity contribution in [2.45, 2.75) is 6.92 Å². The van der Waals surface area contributed by atoms with Gasteiger partial charge in [-0.3, -0.25) is 15.2 Å². The molecule has 1 aromatic carbocycles. The molecule has 0 aromatic heterocycles. The second kappa shape index (κ2) is 5.17. The summed E-state index contributed by atoms with van der Waals surface area (Å²) >= 11 is -2.04. The molecule has 0 heterocycles. The second-order valence-corrected chi connectivity index (χ2v) is 7.48. The van der Waals surface area contributed by atoms with Crippen LogP contribution in [0.2, 0.25) is 0 Å². The fourth-order valence-corrected chi connectivity index (χ4v) is 2.49. The summed E-state index contributed by atoms with van der Waals surface area (Å²) in [5.74, 6) is -0.289. The lowest BCUT2D eigenvalue weighted by Gasteiger charge is -2.12. The number of nitrogens with zero attached hydrogens (tertiary/aromatic N) is 1. The number of benzene rings is 1. The van der Waals surface area contributed by atoms with Crippen LogP contribution < -0.4 is 9.65 Å². The topological polar surface area (TPSA) is 60.8 Å². The van der Waals surface area contributed by atoms with E-state index in [1.807, 2.05) is 0 Å². The summed E-state index contributed by atoms with van der Waals surface area (Å²) in [5.41, 5.74) is 0.186. The number of carbonyl (C=O) groups excluding carboxylic acids is 1. The van der Waals surface area contributed by atoms with E-state index in [1.54, 1.807) is 6.07 Å². The Labute approximate surface area is 99.3 Å². The zero-order chi connectivity index (χ0) is 11.6. The van der Waals surface area contributed by atoms with Gasteiger partial charge in [0.2, 0.25) is 0 Å². The molecule has 0 radical (unpaired) electrons. The Morgan fingerprint density at radius 3 is 2.40 bits per heavy atom. The van der Waals surface area contributed by atoms with E-state index in [0.717, 1.165) is 0 Å². The highest BCUT2D eigenvalue weighted by Gasteiger charge is 2.19. The Morgan fingerprint density at radius 1 is 1.40 bits per heavy atom. The maximum absolute atomic E-state index is 11.2. The maximum Gasteiger partial charge on any atom is 0.555 e. The normalized spacial score (nSPS) is 9.93. The Hall–Kier alpha value is -0.278. The Kier molecular flexibility index (Phi) is 4.41. The van der Waals surface area contributed by atoms with E-state index < -0.39 is 12.3 Å². The number of Topliss-reactive ketones (excluding diaryl/α,β-unsaturated/α-hetero) is 1. The van der Waals surface area contributed by atoms with Gasteiger partial charge < -0.3 is 0 Å². The van der Waals surface area contributed by atoms with E-state index in [2.05, 4.69) is 0 Å². The predicted molar refractivity (Wildman–Crippen MR) is 59.6 cm³/mol. The molecule has 1 aromatic rings. The van der Waals surface area contributed by atoms with Gasteiger partial charge in [0.15, 0.2) is 5.78 Å². The van der Waals surface area contributed by atoms with E-state index in [4.69, 9.17) is 30.5 Å². The van der Waals surface area contributed by atoms with E-state index in [1.165, 1.54) is 19.1 Å². The van der Waals surface area contributed by atoms with Gasteiger partial charge >= 0.3 is 12.3 Å². The van der Waals surface area contributed by atoms with E-state index in [9.17, 15) is 4.79 Å². The van der Waals surface area contributed by atoms with Crippen molar-refractivity contribution in [2.24, 2.45) is 0 Å². The lowest BCUT2D eigenvalue weighted by atomic mass is 10.1. The maximum atomic E-state index is 11.2. The highest BCUT2D eigenvalue weighted by Crippen LogP contribution is 2.18. The number of carbonyl (C=O) groups is 1. The van der Waals surface area contributed by atoms with Gasteiger partial charge in [-0.2, -0.15) is 0 Å². The molecule has 80 valence electrons. The third-order valence-corrected chi connectivity index (χ3v) is 4.24. The third kappa shape index (κ3) is 3.09. The molecule has 0 saturated heterocycles. The molecule has 0 unspecified atom stereocenters. The second-order valence-electron chi connectivity index (χ2n) is 2.92. The van der Waals surface area contributed by atoms with Crippen LogP contribution in [0.4, 0.5) is 5.69 Å². The summed E-state index contributed by atoms with van der Waals surface area (Å²) in [4.78, 5) is 11.2. The van der Waals surface area contributed by atoms with Crippen LogP contribution in [0, 0.1) is 0 Å². The molecule has 0 aliphatic heterocycles. The van der Waals surface area contributed by atoms with Crippen molar-refractivity contribution in [3.8, 4) is 0 Å². The summed E-state index contributed by atoms with van der Waals surface area (Å²) in [7, 11) is 11.5. The van der Waals surface area contributed by atoms with Crippen molar-refractivity contribution in [3.63, 3.8) is 0 Å². The van der Waals surface area contributed by atoms with Crippen molar-refractivity contribution < 1.29 is 15.2 Å². The third-order valence-electron chi connectivity index (χ3n) is 1.87. The SMILES string of the molecule is CC(=O)c1c[c]([Al]([Cl])[Cl])ccc1N(O)O. The summed E-state index contributed by atoms with van der Waals surface area (Å²) in [6, 6.07) is 4.43. The summed E-state index contributed by atoms with van der Waals surface area (Å²) in [6.45, 7) is 1.32. The van der Waals surface area contributed by atoms with E-state index in [0.29, 0.717) is 4.43 Å². The van der Waals surface area contributed by atoms with Crippen LogP contribution in [0.25, 0.3) is 0 Å². The number of anilines is 1. The van der Waals surface area contributed by atoms with Gasteiger partial charge in [0.1, 0.15) is 5.69 Å². The van der Waals surface area contributed by atoms with Crippen molar-refractivity contribution >= 4 is 48.3 Å². The first-order valence-electron chi connectivity index (χ1n) is 4.04. The number of rotatable bonds is 3. The Bertz CT molecular complexity index is 384. The summed E-state index contributed by atoms with van der Waals surface area (Å²) in [5, 5.41) is 17.6. The standard InChI is InChI=1S/C8H8NO3.Al.2ClH/c1-6(10)7-4-2-3-5-8(7)9(11)12;;;/h3-5,11-12H,1H3;;2*1H/q;+2;;/p-2. The quantitative estimate of drug-likeness (QED) is 0.495.